The number of hydrogen-bond acceptors (Lipinski definition) is 5. The van der Waals surface area contributed by atoms with Crippen LogP contribution in [-0.2, 0) is 0 Å². The van der Waals surface area contributed by atoms with Gasteiger partial charge in [0.15, 0.2) is 0 Å². The van der Waals surface area contributed by atoms with E-state index in [0.29, 0.717) is 11.4 Å². The molecular formula is C15H15N7O2. The van der Waals surface area contributed by atoms with Crippen molar-refractivity contribution in [3.05, 3.63) is 53.4 Å². The predicted molar refractivity (Wildman–Crippen MR) is 86.8 cm³/mol. The average Bonchev–Trinajstić information content (AvgIpc) is 3.16. The highest BCUT2D eigenvalue weighted by Crippen LogP contribution is 2.13. The number of amides is 2. The maximum absolute atomic E-state index is 12.2. The average molecular weight is 325 g/mol. The van der Waals surface area contributed by atoms with E-state index in [0.717, 1.165) is 11.4 Å². The van der Waals surface area contributed by atoms with E-state index in [1.165, 1.54) is 24.5 Å². The topological polar surface area (TPSA) is 128 Å². The molecule has 0 fully saturated rings. The van der Waals surface area contributed by atoms with Crippen molar-refractivity contribution < 1.29 is 9.59 Å². The molecule has 0 aromatic carbocycles. The summed E-state index contributed by atoms with van der Waals surface area (Å²) in [6.07, 6.45) is 3.01. The maximum Gasteiger partial charge on any atom is 0.274 e. The van der Waals surface area contributed by atoms with Crippen LogP contribution in [0.3, 0.4) is 0 Å². The summed E-state index contributed by atoms with van der Waals surface area (Å²) >= 11 is 0. The summed E-state index contributed by atoms with van der Waals surface area (Å²) in [4.78, 5) is 28.6. The van der Waals surface area contributed by atoms with E-state index >= 15 is 0 Å². The van der Waals surface area contributed by atoms with Crippen molar-refractivity contribution in [3.8, 4) is 0 Å². The summed E-state index contributed by atoms with van der Waals surface area (Å²) < 4.78 is 0. The molecule has 0 aliphatic carbocycles. The van der Waals surface area contributed by atoms with Crippen LogP contribution >= 0.6 is 0 Å². The van der Waals surface area contributed by atoms with Crippen molar-refractivity contribution in [3.63, 3.8) is 0 Å². The Morgan fingerprint density at radius 3 is 1.71 bits per heavy atom. The third kappa shape index (κ3) is 3.14. The number of hydrogen-bond donors (Lipinski definition) is 4. The molecule has 0 saturated heterocycles. The third-order valence-electron chi connectivity index (χ3n) is 3.37. The van der Waals surface area contributed by atoms with E-state index in [4.69, 9.17) is 0 Å². The normalized spacial score (nSPS) is 10.4. The van der Waals surface area contributed by atoms with E-state index in [2.05, 4.69) is 36.0 Å². The van der Waals surface area contributed by atoms with Gasteiger partial charge in [0.25, 0.3) is 11.8 Å². The van der Waals surface area contributed by atoms with Crippen molar-refractivity contribution in [1.29, 1.82) is 0 Å². The van der Waals surface area contributed by atoms with Crippen LogP contribution in [0.15, 0.2) is 30.6 Å². The number of carbonyl (C=O) groups is 2. The minimum absolute atomic E-state index is 0.132. The second-order valence-corrected chi connectivity index (χ2v) is 5.13. The SMILES string of the molecule is Cc1[nH]ncc1NC(=O)c1cccc(C(=O)Nc2cn[nH]c2C)n1. The summed E-state index contributed by atoms with van der Waals surface area (Å²) in [5.41, 5.74) is 2.84. The number of aryl methyl sites for hydroxylation is 2. The van der Waals surface area contributed by atoms with Crippen molar-refractivity contribution in [2.24, 2.45) is 0 Å². The van der Waals surface area contributed by atoms with Gasteiger partial charge in [0.1, 0.15) is 11.4 Å². The summed E-state index contributed by atoms with van der Waals surface area (Å²) in [6.45, 7) is 3.57. The molecule has 9 heteroatoms. The van der Waals surface area contributed by atoms with E-state index in [1.807, 2.05) is 0 Å². The van der Waals surface area contributed by atoms with Gasteiger partial charge in [-0.25, -0.2) is 4.98 Å². The van der Waals surface area contributed by atoms with Crippen molar-refractivity contribution >= 4 is 23.2 Å². The molecule has 0 atom stereocenters. The molecule has 0 bridgehead atoms. The summed E-state index contributed by atoms with van der Waals surface area (Å²) in [6, 6.07) is 4.66. The molecule has 0 radical (unpaired) electrons. The summed E-state index contributed by atoms with van der Waals surface area (Å²) in [5, 5.41) is 18.5. The summed E-state index contributed by atoms with van der Waals surface area (Å²) in [5.74, 6) is -0.845. The number of pyridine rings is 1. The number of rotatable bonds is 4. The van der Waals surface area contributed by atoms with E-state index in [1.54, 1.807) is 19.9 Å². The first-order valence-electron chi connectivity index (χ1n) is 7.14. The molecule has 3 aromatic heterocycles. The van der Waals surface area contributed by atoms with Gasteiger partial charge in [-0.2, -0.15) is 10.2 Å². The van der Waals surface area contributed by atoms with Crippen LogP contribution in [0.25, 0.3) is 0 Å². The highest BCUT2D eigenvalue weighted by atomic mass is 16.2. The van der Waals surface area contributed by atoms with E-state index in [-0.39, 0.29) is 11.4 Å². The fourth-order valence-corrected chi connectivity index (χ4v) is 2.01. The molecule has 0 unspecified atom stereocenters. The Labute approximate surface area is 136 Å². The number of nitrogens with zero attached hydrogens (tertiary/aromatic N) is 3. The van der Waals surface area contributed by atoms with Gasteiger partial charge in [-0.1, -0.05) is 6.07 Å². The molecule has 0 saturated carbocycles. The molecule has 24 heavy (non-hydrogen) atoms. The Kier molecular flexibility index (Phi) is 4.06. The lowest BCUT2D eigenvalue weighted by atomic mass is 10.2. The molecule has 3 aromatic rings. The van der Waals surface area contributed by atoms with Crippen LogP contribution in [0.1, 0.15) is 32.4 Å². The van der Waals surface area contributed by atoms with Gasteiger partial charge in [0.2, 0.25) is 0 Å². The van der Waals surface area contributed by atoms with Crippen LogP contribution in [0.2, 0.25) is 0 Å². The Hall–Kier alpha value is -3.49. The second kappa shape index (κ2) is 6.32. The number of aromatic nitrogens is 5. The summed E-state index contributed by atoms with van der Waals surface area (Å²) in [7, 11) is 0. The Morgan fingerprint density at radius 1 is 0.875 bits per heavy atom. The molecule has 0 aliphatic heterocycles. The lowest BCUT2D eigenvalue weighted by molar-refractivity contribution is 0.101. The van der Waals surface area contributed by atoms with Crippen molar-refractivity contribution in [1.82, 2.24) is 25.4 Å². The van der Waals surface area contributed by atoms with Gasteiger partial charge in [-0.05, 0) is 26.0 Å². The minimum Gasteiger partial charge on any atom is -0.318 e. The smallest absolute Gasteiger partial charge is 0.274 e. The molecule has 0 aliphatic rings. The number of carbonyl (C=O) groups excluding carboxylic acids is 2. The minimum atomic E-state index is -0.423. The van der Waals surface area contributed by atoms with E-state index < -0.39 is 11.8 Å². The lowest BCUT2D eigenvalue weighted by Crippen LogP contribution is -2.18. The van der Waals surface area contributed by atoms with Gasteiger partial charge < -0.3 is 10.6 Å². The molecule has 0 spiro atoms. The molecular weight excluding hydrogens is 310 g/mol. The third-order valence-corrected chi connectivity index (χ3v) is 3.37. The number of anilines is 2. The lowest BCUT2D eigenvalue weighted by Gasteiger charge is -2.06. The van der Waals surface area contributed by atoms with Gasteiger partial charge in [0, 0.05) is 0 Å². The van der Waals surface area contributed by atoms with Crippen LogP contribution in [0.4, 0.5) is 11.4 Å². The first kappa shape index (κ1) is 15.4. The highest BCUT2D eigenvalue weighted by Gasteiger charge is 2.15. The van der Waals surface area contributed by atoms with Crippen molar-refractivity contribution in [2.75, 3.05) is 10.6 Å². The fraction of sp³-hybridized carbons (Fsp3) is 0.133. The van der Waals surface area contributed by atoms with Crippen LogP contribution in [-0.4, -0.2) is 37.2 Å². The zero-order chi connectivity index (χ0) is 17.1. The van der Waals surface area contributed by atoms with Gasteiger partial charge in [0.05, 0.1) is 35.2 Å². The van der Waals surface area contributed by atoms with Gasteiger partial charge in [-0.3, -0.25) is 19.8 Å². The standard InChI is InChI=1S/C15H15N7O2/c1-8-12(6-16-21-8)19-14(23)10-4-3-5-11(18-10)15(24)20-13-7-17-22-9(13)2/h3-7H,1-2H3,(H,16,21)(H,17,22)(H,19,23)(H,20,24). The second-order valence-electron chi connectivity index (χ2n) is 5.13. The van der Waals surface area contributed by atoms with Crippen LogP contribution in [0.5, 0.6) is 0 Å². The molecule has 3 rings (SSSR count). The molecule has 9 nitrogen and oxygen atoms in total. The fourth-order valence-electron chi connectivity index (χ4n) is 2.01. The first-order valence-corrected chi connectivity index (χ1v) is 7.14. The molecule has 4 N–H and O–H groups in total. The molecule has 2 amide bonds. The molecule has 122 valence electrons. The first-order chi connectivity index (χ1) is 11.5. The maximum atomic E-state index is 12.2. The zero-order valence-electron chi connectivity index (χ0n) is 13.0. The highest BCUT2D eigenvalue weighted by molar-refractivity contribution is 6.06. The largest absolute Gasteiger partial charge is 0.318 e. The number of H-pyrrole nitrogens is 2. The molecule has 3 heterocycles. The Bertz CT molecular complexity index is 827. The van der Waals surface area contributed by atoms with Crippen LogP contribution in [0, 0.1) is 13.8 Å². The quantitative estimate of drug-likeness (QED) is 0.580. The monoisotopic (exact) mass is 325 g/mol. The number of aromatic amines is 2. The van der Waals surface area contributed by atoms with Gasteiger partial charge in [-0.15, -0.1) is 0 Å². The Balaban J connectivity index is 1.76. The van der Waals surface area contributed by atoms with Crippen LogP contribution < -0.4 is 10.6 Å². The van der Waals surface area contributed by atoms with Crippen molar-refractivity contribution in [2.45, 2.75) is 13.8 Å². The zero-order valence-corrected chi connectivity index (χ0v) is 13.0. The van der Waals surface area contributed by atoms with E-state index in [9.17, 15) is 9.59 Å². The number of nitrogens with one attached hydrogen (secondary N) is 4. The van der Waals surface area contributed by atoms with Gasteiger partial charge >= 0.3 is 0 Å². The predicted octanol–water partition coefficient (Wildman–Crippen LogP) is 1.65. The Morgan fingerprint density at radius 2 is 1.33 bits per heavy atom.